The fourth-order valence-electron chi connectivity index (χ4n) is 0.887. The van der Waals surface area contributed by atoms with E-state index in [1.54, 1.807) is 0 Å². The minimum Gasteiger partial charge on any atom is -0.480 e. The van der Waals surface area contributed by atoms with Crippen LogP contribution < -0.4 is 5.43 Å². The minimum absolute atomic E-state index is 0.254. The lowest BCUT2D eigenvalue weighted by Gasteiger charge is -2.21. The zero-order chi connectivity index (χ0) is 11.1. The molecule has 0 aliphatic heterocycles. The van der Waals surface area contributed by atoms with Crippen LogP contribution in [0.15, 0.2) is 0 Å². The summed E-state index contributed by atoms with van der Waals surface area (Å²) in [6.45, 7) is -0.254. The van der Waals surface area contributed by atoms with E-state index in [2.05, 4.69) is 18.1 Å². The second-order valence-electron chi connectivity index (χ2n) is 2.78. The van der Waals surface area contributed by atoms with Crippen molar-refractivity contribution < 1.29 is 19.8 Å². The Kier molecular flexibility index (Phi) is 6.26. The number of hydrogen-bond acceptors (Lipinski definition) is 5. The molecule has 0 aliphatic rings. The van der Waals surface area contributed by atoms with Gasteiger partial charge in [0.2, 0.25) is 0 Å². The van der Waals surface area contributed by atoms with E-state index in [0.29, 0.717) is 12.2 Å². The summed E-state index contributed by atoms with van der Waals surface area (Å²) < 4.78 is 0. The summed E-state index contributed by atoms with van der Waals surface area (Å²) in [4.78, 5) is 20.9. The first-order chi connectivity index (χ1) is 6.47. The number of nitrogens with zero attached hydrogens (tertiary/aromatic N) is 1. The third-order valence-corrected chi connectivity index (χ3v) is 1.72. The number of carboxylic acids is 2. The molecule has 7 heteroatoms. The van der Waals surface area contributed by atoms with Gasteiger partial charge >= 0.3 is 11.9 Å². The van der Waals surface area contributed by atoms with Crippen LogP contribution in [0.2, 0.25) is 0 Å². The molecule has 0 amide bonds. The molecule has 0 unspecified atom stereocenters. The van der Waals surface area contributed by atoms with Gasteiger partial charge in [-0.05, 0) is 12.2 Å². The molecule has 1 atom stereocenters. The van der Waals surface area contributed by atoms with Gasteiger partial charge in [0, 0.05) is 7.05 Å². The van der Waals surface area contributed by atoms with Gasteiger partial charge in [0.05, 0.1) is 0 Å². The standard InChI is InChI=1S/C7H14N2O4S/c1-9(4-6(10)11)8-5(2-3-14)7(12)13/h5,8,14H,2-4H2,1H3,(H,10,11)(H,12,13)/t5-/m0/s1. The highest BCUT2D eigenvalue weighted by Crippen LogP contribution is 1.95. The molecule has 0 aromatic carbocycles. The SMILES string of the molecule is CN(CC(=O)O)N[C@@H](CCS)C(=O)O. The lowest BCUT2D eigenvalue weighted by atomic mass is 10.2. The van der Waals surface area contributed by atoms with Crippen LogP contribution in [-0.2, 0) is 9.59 Å². The zero-order valence-electron chi connectivity index (χ0n) is 7.80. The van der Waals surface area contributed by atoms with Crippen molar-refractivity contribution in [2.45, 2.75) is 12.5 Å². The molecule has 0 saturated carbocycles. The largest absolute Gasteiger partial charge is 0.480 e. The Hall–Kier alpha value is -0.790. The van der Waals surface area contributed by atoms with Crippen LogP contribution in [0.25, 0.3) is 0 Å². The Morgan fingerprint density at radius 2 is 2.07 bits per heavy atom. The molecule has 0 heterocycles. The quantitative estimate of drug-likeness (QED) is 0.336. The fraction of sp³-hybridized carbons (Fsp3) is 0.714. The molecular formula is C7H14N2O4S. The van der Waals surface area contributed by atoms with Crippen molar-refractivity contribution in [3.05, 3.63) is 0 Å². The number of likely N-dealkylation sites (N-methyl/N-ethyl adjacent to an activating group) is 1. The second-order valence-corrected chi connectivity index (χ2v) is 3.23. The predicted molar refractivity (Wildman–Crippen MR) is 53.3 cm³/mol. The molecule has 0 aliphatic carbocycles. The van der Waals surface area contributed by atoms with Crippen LogP contribution in [0, 0.1) is 0 Å². The summed E-state index contributed by atoms with van der Waals surface area (Å²) in [6, 6.07) is -0.795. The molecule has 0 saturated heterocycles. The third-order valence-electron chi connectivity index (χ3n) is 1.46. The van der Waals surface area contributed by atoms with E-state index >= 15 is 0 Å². The molecule has 6 nitrogen and oxygen atoms in total. The number of carbonyl (C=O) groups is 2. The number of hydrogen-bond donors (Lipinski definition) is 4. The van der Waals surface area contributed by atoms with Crippen LogP contribution in [-0.4, -0.2) is 52.5 Å². The first kappa shape index (κ1) is 13.2. The minimum atomic E-state index is -1.02. The van der Waals surface area contributed by atoms with Crippen LogP contribution >= 0.6 is 12.6 Å². The number of aliphatic carboxylic acids is 2. The molecule has 3 N–H and O–H groups in total. The number of thiol groups is 1. The lowest BCUT2D eigenvalue weighted by molar-refractivity contribution is -0.144. The fourth-order valence-corrected chi connectivity index (χ4v) is 1.15. The van der Waals surface area contributed by atoms with E-state index in [9.17, 15) is 9.59 Å². The maximum absolute atomic E-state index is 10.6. The average molecular weight is 222 g/mol. The Balaban J connectivity index is 4.01. The monoisotopic (exact) mass is 222 g/mol. The van der Waals surface area contributed by atoms with E-state index in [1.165, 1.54) is 12.1 Å². The van der Waals surface area contributed by atoms with Gasteiger partial charge in [-0.3, -0.25) is 9.59 Å². The van der Waals surface area contributed by atoms with E-state index < -0.39 is 18.0 Å². The molecule has 0 spiro atoms. The molecule has 0 bridgehead atoms. The van der Waals surface area contributed by atoms with Crippen LogP contribution in [0.4, 0.5) is 0 Å². The molecule has 0 rings (SSSR count). The summed E-state index contributed by atoms with van der Waals surface area (Å²) in [5, 5.41) is 18.4. The summed E-state index contributed by atoms with van der Waals surface area (Å²) in [5.74, 6) is -1.61. The van der Waals surface area contributed by atoms with E-state index in [-0.39, 0.29) is 6.54 Å². The first-order valence-electron chi connectivity index (χ1n) is 4.00. The third kappa shape index (κ3) is 5.79. The summed E-state index contributed by atoms with van der Waals surface area (Å²) in [6.07, 6.45) is 0.336. The lowest BCUT2D eigenvalue weighted by Crippen LogP contribution is -2.48. The normalized spacial score (nSPS) is 12.8. The summed E-state index contributed by atoms with van der Waals surface area (Å²) >= 11 is 3.91. The number of hydrazine groups is 1. The summed E-state index contributed by atoms with van der Waals surface area (Å²) in [5.41, 5.74) is 2.55. The first-order valence-corrected chi connectivity index (χ1v) is 4.63. The van der Waals surface area contributed by atoms with Gasteiger partial charge in [0.25, 0.3) is 0 Å². The highest BCUT2D eigenvalue weighted by atomic mass is 32.1. The Labute approximate surface area is 87.3 Å². The van der Waals surface area contributed by atoms with Gasteiger partial charge in [-0.15, -0.1) is 0 Å². The van der Waals surface area contributed by atoms with E-state index in [1.807, 2.05) is 0 Å². The topological polar surface area (TPSA) is 89.9 Å². The molecule has 0 fully saturated rings. The van der Waals surface area contributed by atoms with Crippen molar-refractivity contribution >= 4 is 24.6 Å². The maximum Gasteiger partial charge on any atom is 0.322 e. The van der Waals surface area contributed by atoms with E-state index in [0.717, 1.165) is 0 Å². The van der Waals surface area contributed by atoms with Gasteiger partial charge < -0.3 is 10.2 Å². The second kappa shape index (κ2) is 6.63. The van der Waals surface area contributed by atoms with Crippen LogP contribution in [0.1, 0.15) is 6.42 Å². The maximum atomic E-state index is 10.6. The smallest absolute Gasteiger partial charge is 0.322 e. The molecule has 0 aromatic rings. The highest BCUT2D eigenvalue weighted by Gasteiger charge is 2.18. The number of carboxylic acid groups (broad SMARTS) is 2. The molecule has 82 valence electrons. The van der Waals surface area contributed by atoms with Crippen molar-refractivity contribution in [3.8, 4) is 0 Å². The van der Waals surface area contributed by atoms with Gasteiger partial charge in [-0.2, -0.15) is 12.6 Å². The van der Waals surface area contributed by atoms with Crippen molar-refractivity contribution in [2.75, 3.05) is 19.3 Å². The Bertz CT molecular complexity index is 212. The van der Waals surface area contributed by atoms with Gasteiger partial charge in [-0.25, -0.2) is 10.4 Å². The van der Waals surface area contributed by atoms with Gasteiger partial charge in [0.15, 0.2) is 0 Å². The summed E-state index contributed by atoms with van der Waals surface area (Å²) in [7, 11) is 1.47. The van der Waals surface area contributed by atoms with Crippen molar-refractivity contribution in [1.29, 1.82) is 0 Å². The Morgan fingerprint density at radius 3 is 2.43 bits per heavy atom. The molecular weight excluding hydrogens is 208 g/mol. The van der Waals surface area contributed by atoms with Gasteiger partial charge in [-0.1, -0.05) is 0 Å². The Morgan fingerprint density at radius 1 is 1.50 bits per heavy atom. The highest BCUT2D eigenvalue weighted by molar-refractivity contribution is 7.80. The van der Waals surface area contributed by atoms with Crippen LogP contribution in [0.5, 0.6) is 0 Å². The number of nitrogens with one attached hydrogen (secondary N) is 1. The van der Waals surface area contributed by atoms with Crippen molar-refractivity contribution in [2.24, 2.45) is 0 Å². The van der Waals surface area contributed by atoms with Crippen molar-refractivity contribution in [1.82, 2.24) is 10.4 Å². The van der Waals surface area contributed by atoms with Crippen LogP contribution in [0.3, 0.4) is 0 Å². The van der Waals surface area contributed by atoms with E-state index in [4.69, 9.17) is 10.2 Å². The molecule has 14 heavy (non-hydrogen) atoms. The zero-order valence-corrected chi connectivity index (χ0v) is 8.70. The number of rotatable bonds is 7. The van der Waals surface area contributed by atoms with Gasteiger partial charge in [0.1, 0.15) is 12.6 Å². The predicted octanol–water partition coefficient (Wildman–Crippen LogP) is -0.719. The molecule has 0 radical (unpaired) electrons. The van der Waals surface area contributed by atoms with Crippen molar-refractivity contribution in [3.63, 3.8) is 0 Å². The molecule has 0 aromatic heterocycles. The average Bonchev–Trinajstić information content (AvgIpc) is 2.01.